The summed E-state index contributed by atoms with van der Waals surface area (Å²) in [5.41, 5.74) is 7.37. The number of rotatable bonds is 8. The third-order valence-electron chi connectivity index (χ3n) is 2.60. The Balaban J connectivity index is 2.33. The first-order valence-electron chi connectivity index (χ1n) is 6.36. The second-order valence-corrected chi connectivity index (χ2v) is 4.58. The highest BCUT2D eigenvalue weighted by atomic mass is 32.1. The molecule has 104 valence electrons. The van der Waals surface area contributed by atoms with Gasteiger partial charge in [0.2, 0.25) is 5.91 Å². The molecular weight excluding hydrogens is 260 g/mol. The molecule has 0 fully saturated rings. The number of hydrogen-bond donors (Lipinski definition) is 2. The maximum atomic E-state index is 11.6. The fraction of sp³-hybridized carbons (Fsp3) is 0.429. The van der Waals surface area contributed by atoms with Gasteiger partial charge in [-0.15, -0.1) is 0 Å². The average Bonchev–Trinajstić information content (AvgIpc) is 2.41. The van der Waals surface area contributed by atoms with Gasteiger partial charge in [0.1, 0.15) is 4.99 Å². The molecule has 0 aliphatic heterocycles. The Bertz CT molecular complexity index is 435. The lowest BCUT2D eigenvalue weighted by Gasteiger charge is -2.07. The zero-order valence-corrected chi connectivity index (χ0v) is 12.0. The fourth-order valence-corrected chi connectivity index (χ4v) is 1.73. The van der Waals surface area contributed by atoms with Crippen LogP contribution in [0.4, 0.5) is 0 Å². The monoisotopic (exact) mass is 280 g/mol. The molecule has 0 saturated heterocycles. The van der Waals surface area contributed by atoms with E-state index < -0.39 is 0 Å². The minimum Gasteiger partial charge on any atom is -0.389 e. The molecule has 0 bridgehead atoms. The Morgan fingerprint density at radius 3 is 2.95 bits per heavy atom. The first-order chi connectivity index (χ1) is 9.13. The number of thiocarbonyl (C=S) groups is 1. The minimum absolute atomic E-state index is 0.0282. The first-order valence-corrected chi connectivity index (χ1v) is 6.77. The Kier molecular flexibility index (Phi) is 7.07. The first kappa shape index (κ1) is 15.6. The molecule has 1 aromatic rings. The van der Waals surface area contributed by atoms with Crippen molar-refractivity contribution in [2.75, 3.05) is 13.2 Å². The fourth-order valence-electron chi connectivity index (χ4n) is 1.60. The number of nitrogens with two attached hydrogens (primary N) is 1. The second-order valence-electron chi connectivity index (χ2n) is 4.14. The van der Waals surface area contributed by atoms with Gasteiger partial charge in [0.25, 0.3) is 0 Å². The number of ether oxygens (including phenoxy) is 1. The summed E-state index contributed by atoms with van der Waals surface area (Å²) in [7, 11) is 0. The van der Waals surface area contributed by atoms with E-state index in [1.807, 2.05) is 31.2 Å². The number of benzene rings is 1. The molecule has 0 aliphatic carbocycles. The molecule has 0 spiro atoms. The molecule has 19 heavy (non-hydrogen) atoms. The molecule has 0 aliphatic rings. The van der Waals surface area contributed by atoms with Crippen LogP contribution in [0.15, 0.2) is 24.3 Å². The van der Waals surface area contributed by atoms with Crippen LogP contribution >= 0.6 is 12.2 Å². The highest BCUT2D eigenvalue weighted by molar-refractivity contribution is 7.80. The normalized spacial score (nSPS) is 10.2. The van der Waals surface area contributed by atoms with E-state index in [4.69, 9.17) is 22.7 Å². The molecule has 3 N–H and O–H groups in total. The molecule has 0 heterocycles. The van der Waals surface area contributed by atoms with Gasteiger partial charge >= 0.3 is 0 Å². The molecule has 0 saturated carbocycles. The number of carbonyl (C=O) groups is 1. The Labute approximate surface area is 119 Å². The summed E-state index contributed by atoms with van der Waals surface area (Å²) in [5.74, 6) is 0.0282. The zero-order chi connectivity index (χ0) is 14.1. The van der Waals surface area contributed by atoms with Crippen molar-refractivity contribution in [3.8, 4) is 0 Å². The second kappa shape index (κ2) is 8.61. The van der Waals surface area contributed by atoms with Gasteiger partial charge in [0, 0.05) is 31.7 Å². The number of carbonyl (C=O) groups excluding carboxylic acids is 1. The van der Waals surface area contributed by atoms with Crippen LogP contribution in [0, 0.1) is 0 Å². The molecule has 0 unspecified atom stereocenters. The zero-order valence-electron chi connectivity index (χ0n) is 11.1. The summed E-state index contributed by atoms with van der Waals surface area (Å²) in [6.45, 7) is 3.74. The van der Waals surface area contributed by atoms with Gasteiger partial charge in [-0.3, -0.25) is 4.79 Å². The molecule has 1 rings (SSSR count). The molecule has 5 heteroatoms. The van der Waals surface area contributed by atoms with Crippen molar-refractivity contribution in [3.05, 3.63) is 35.4 Å². The van der Waals surface area contributed by atoms with Crippen molar-refractivity contribution in [1.82, 2.24) is 5.32 Å². The van der Waals surface area contributed by atoms with Crippen LogP contribution in [-0.2, 0) is 16.1 Å². The SMILES string of the molecule is CCOCCCC(=O)NCc1cccc(C(N)=S)c1. The number of amides is 1. The van der Waals surface area contributed by atoms with E-state index in [2.05, 4.69) is 5.32 Å². The van der Waals surface area contributed by atoms with Crippen molar-refractivity contribution >= 4 is 23.1 Å². The maximum absolute atomic E-state index is 11.6. The molecule has 4 nitrogen and oxygen atoms in total. The largest absolute Gasteiger partial charge is 0.389 e. The maximum Gasteiger partial charge on any atom is 0.220 e. The Morgan fingerprint density at radius 2 is 2.26 bits per heavy atom. The van der Waals surface area contributed by atoms with Crippen molar-refractivity contribution in [1.29, 1.82) is 0 Å². The van der Waals surface area contributed by atoms with Gasteiger partial charge in [0.05, 0.1) is 0 Å². The summed E-state index contributed by atoms with van der Waals surface area (Å²) in [5, 5.41) is 2.86. The predicted molar refractivity (Wildman–Crippen MR) is 79.9 cm³/mol. The molecule has 0 atom stereocenters. The van der Waals surface area contributed by atoms with E-state index in [9.17, 15) is 4.79 Å². The van der Waals surface area contributed by atoms with E-state index in [1.165, 1.54) is 0 Å². The van der Waals surface area contributed by atoms with Crippen molar-refractivity contribution in [3.63, 3.8) is 0 Å². The summed E-state index contributed by atoms with van der Waals surface area (Å²) < 4.78 is 5.18. The van der Waals surface area contributed by atoms with E-state index >= 15 is 0 Å². The van der Waals surface area contributed by atoms with Gasteiger partial charge in [-0.1, -0.05) is 30.4 Å². The summed E-state index contributed by atoms with van der Waals surface area (Å²) in [6.07, 6.45) is 1.22. The summed E-state index contributed by atoms with van der Waals surface area (Å²) in [4.78, 5) is 11.9. The quantitative estimate of drug-likeness (QED) is 0.562. The highest BCUT2D eigenvalue weighted by Gasteiger charge is 2.02. The van der Waals surface area contributed by atoms with Gasteiger partial charge in [0.15, 0.2) is 0 Å². The standard InChI is InChI=1S/C14H20N2O2S/c1-2-18-8-4-7-13(17)16-10-11-5-3-6-12(9-11)14(15)19/h3,5-6,9H,2,4,7-8,10H2,1H3,(H2,15,19)(H,16,17). The minimum atomic E-state index is 0.0282. The average molecular weight is 280 g/mol. The van der Waals surface area contributed by atoms with Crippen LogP contribution in [0.5, 0.6) is 0 Å². The van der Waals surface area contributed by atoms with Crippen LogP contribution in [0.2, 0.25) is 0 Å². The lowest BCUT2D eigenvalue weighted by molar-refractivity contribution is -0.121. The summed E-state index contributed by atoms with van der Waals surface area (Å²) in [6, 6.07) is 7.56. The molecule has 1 amide bonds. The van der Waals surface area contributed by atoms with E-state index in [0.29, 0.717) is 31.2 Å². The third-order valence-corrected chi connectivity index (χ3v) is 2.83. The van der Waals surface area contributed by atoms with E-state index in [0.717, 1.165) is 17.5 Å². The lowest BCUT2D eigenvalue weighted by Crippen LogP contribution is -2.23. The molecular formula is C14H20N2O2S. The molecule has 1 aromatic carbocycles. The van der Waals surface area contributed by atoms with Gasteiger partial charge in [-0.25, -0.2) is 0 Å². The van der Waals surface area contributed by atoms with Crippen molar-refractivity contribution in [2.45, 2.75) is 26.3 Å². The molecule has 0 radical (unpaired) electrons. The van der Waals surface area contributed by atoms with Gasteiger partial charge in [-0.2, -0.15) is 0 Å². The number of hydrogen-bond acceptors (Lipinski definition) is 3. The smallest absolute Gasteiger partial charge is 0.220 e. The highest BCUT2D eigenvalue weighted by Crippen LogP contribution is 2.05. The Morgan fingerprint density at radius 1 is 1.47 bits per heavy atom. The third kappa shape index (κ3) is 6.31. The predicted octanol–water partition coefficient (Wildman–Crippen LogP) is 1.75. The van der Waals surface area contributed by atoms with Crippen LogP contribution in [0.3, 0.4) is 0 Å². The van der Waals surface area contributed by atoms with E-state index in [-0.39, 0.29) is 5.91 Å². The molecule has 0 aromatic heterocycles. The van der Waals surface area contributed by atoms with Gasteiger partial charge < -0.3 is 15.8 Å². The topological polar surface area (TPSA) is 64.3 Å². The van der Waals surface area contributed by atoms with Crippen LogP contribution in [0.1, 0.15) is 30.9 Å². The van der Waals surface area contributed by atoms with Crippen molar-refractivity contribution in [2.24, 2.45) is 5.73 Å². The Hall–Kier alpha value is -1.46. The van der Waals surface area contributed by atoms with E-state index in [1.54, 1.807) is 0 Å². The van der Waals surface area contributed by atoms with Crippen molar-refractivity contribution < 1.29 is 9.53 Å². The van der Waals surface area contributed by atoms with Crippen LogP contribution < -0.4 is 11.1 Å². The van der Waals surface area contributed by atoms with Gasteiger partial charge in [-0.05, 0) is 25.0 Å². The lowest BCUT2D eigenvalue weighted by atomic mass is 10.1. The van der Waals surface area contributed by atoms with Crippen LogP contribution in [-0.4, -0.2) is 24.1 Å². The number of nitrogens with one attached hydrogen (secondary N) is 1. The summed E-state index contributed by atoms with van der Waals surface area (Å²) >= 11 is 4.92. The van der Waals surface area contributed by atoms with Crippen LogP contribution in [0.25, 0.3) is 0 Å².